The molecular weight excluding hydrogens is 640 g/mol. The normalized spacial score (nSPS) is 21.1. The molecule has 0 aromatic heterocycles. The lowest BCUT2D eigenvalue weighted by atomic mass is 9.77. The van der Waals surface area contributed by atoms with Crippen molar-refractivity contribution in [3.8, 4) is 23.0 Å². The number of anilines is 1. The van der Waals surface area contributed by atoms with Gasteiger partial charge < -0.3 is 42.8 Å². The summed E-state index contributed by atoms with van der Waals surface area (Å²) in [5.74, 6) is 0.943. The summed E-state index contributed by atoms with van der Waals surface area (Å²) in [5, 5.41) is 1.76. The van der Waals surface area contributed by atoms with Crippen LogP contribution in [0.5, 0.6) is 23.0 Å². The molecule has 0 bridgehead atoms. The monoisotopic (exact) mass is 682 g/mol. The number of hydrogen-bond acceptors (Lipinski definition) is 11. The van der Waals surface area contributed by atoms with Gasteiger partial charge in [-0.15, -0.1) is 0 Å². The van der Waals surface area contributed by atoms with Gasteiger partial charge in [0.15, 0.2) is 23.0 Å². The molecule has 11 heteroatoms. The van der Waals surface area contributed by atoms with Crippen LogP contribution >= 0.6 is 0 Å². The standard InChI is InChI=1S/C39H42N2O9/c1-38(2)30-10-6-7-11-31(30)41(3)39(38)26-40-35-29-9-5-4-8-27(29)24-34(36(35)50-39)49-37(42)28-12-13-32-33(25-28)48-23-21-46-19-17-44-15-14-43-16-18-45-20-22-47-32/h4-13,24-26H,14-23H2,1-3H3. The van der Waals surface area contributed by atoms with E-state index < -0.39 is 17.1 Å². The molecule has 0 N–H and O–H groups in total. The molecule has 1 unspecified atom stereocenters. The van der Waals surface area contributed by atoms with Crippen molar-refractivity contribution in [3.63, 3.8) is 0 Å². The van der Waals surface area contributed by atoms with Gasteiger partial charge in [0.05, 0.1) is 70.0 Å². The Balaban J connectivity index is 1.16. The molecular formula is C39H42N2O9. The number of fused-ring (bicyclic) bond motifs is 5. The lowest BCUT2D eigenvalue weighted by Gasteiger charge is -2.45. The summed E-state index contributed by atoms with van der Waals surface area (Å²) < 4.78 is 47.5. The summed E-state index contributed by atoms with van der Waals surface area (Å²) in [5.41, 5.74) is 1.62. The zero-order chi connectivity index (χ0) is 34.6. The molecule has 0 amide bonds. The molecule has 0 aliphatic carbocycles. The molecule has 7 rings (SSSR count). The fraction of sp³-hybridized carbons (Fsp3) is 0.385. The van der Waals surface area contributed by atoms with Gasteiger partial charge in [-0.3, -0.25) is 4.99 Å². The predicted octanol–water partition coefficient (Wildman–Crippen LogP) is 6.12. The van der Waals surface area contributed by atoms with Crippen LogP contribution in [0.2, 0.25) is 0 Å². The Kier molecular flexibility index (Phi) is 9.91. The molecule has 50 heavy (non-hydrogen) atoms. The number of hydrogen-bond donors (Lipinski definition) is 0. The first-order chi connectivity index (χ1) is 24.4. The van der Waals surface area contributed by atoms with Crippen LogP contribution in [-0.2, 0) is 24.4 Å². The molecule has 3 heterocycles. The Hall–Kier alpha value is -4.68. The smallest absolute Gasteiger partial charge is 0.343 e. The summed E-state index contributed by atoms with van der Waals surface area (Å²) in [7, 11) is 2.00. The lowest BCUT2D eigenvalue weighted by Crippen LogP contribution is -2.61. The Morgan fingerprint density at radius 2 is 1.36 bits per heavy atom. The Bertz CT molecular complexity index is 1880. The zero-order valence-electron chi connectivity index (χ0n) is 28.6. The first-order valence-corrected chi connectivity index (χ1v) is 17.0. The molecule has 3 aliphatic heterocycles. The zero-order valence-corrected chi connectivity index (χ0v) is 28.6. The summed E-state index contributed by atoms with van der Waals surface area (Å²) in [6.45, 7) is 8.26. The van der Waals surface area contributed by atoms with E-state index >= 15 is 0 Å². The first-order valence-electron chi connectivity index (χ1n) is 17.0. The first kappa shape index (κ1) is 33.8. The van der Waals surface area contributed by atoms with Gasteiger partial charge in [0.1, 0.15) is 18.9 Å². The Morgan fingerprint density at radius 3 is 2.06 bits per heavy atom. The minimum atomic E-state index is -0.963. The summed E-state index contributed by atoms with van der Waals surface area (Å²) in [4.78, 5) is 21.0. The van der Waals surface area contributed by atoms with E-state index in [1.54, 1.807) is 18.2 Å². The highest BCUT2D eigenvalue weighted by molar-refractivity contribution is 6.03. The maximum absolute atomic E-state index is 13.9. The van der Waals surface area contributed by atoms with Crippen molar-refractivity contribution in [2.75, 3.05) is 78.0 Å². The number of rotatable bonds is 2. The van der Waals surface area contributed by atoms with Crippen molar-refractivity contribution in [1.29, 1.82) is 0 Å². The maximum atomic E-state index is 13.9. The van der Waals surface area contributed by atoms with E-state index in [0.29, 0.717) is 75.8 Å². The molecule has 3 aliphatic rings. The fourth-order valence-corrected chi connectivity index (χ4v) is 6.66. The second kappa shape index (κ2) is 14.7. The Morgan fingerprint density at radius 1 is 0.740 bits per heavy atom. The Labute approximate surface area is 291 Å². The molecule has 0 radical (unpaired) electrons. The van der Waals surface area contributed by atoms with E-state index in [-0.39, 0.29) is 24.5 Å². The van der Waals surface area contributed by atoms with Crippen molar-refractivity contribution in [2.24, 2.45) is 4.99 Å². The number of nitrogens with zero attached hydrogens (tertiary/aromatic N) is 2. The number of carbonyl (C=O) groups excluding carboxylic acids is 1. The van der Waals surface area contributed by atoms with Crippen LogP contribution in [-0.4, -0.2) is 91.0 Å². The van der Waals surface area contributed by atoms with E-state index in [1.165, 1.54) is 0 Å². The highest BCUT2D eigenvalue weighted by atomic mass is 16.6. The molecule has 1 atom stereocenters. The number of carbonyl (C=O) groups is 1. The van der Waals surface area contributed by atoms with E-state index in [0.717, 1.165) is 22.0 Å². The SMILES string of the molecule is CN1c2ccccc2C(C)(C)C12C=Nc1c(c(OC(=O)c3ccc4c(c3)OCCOCCOCCOCCOCCO4)cc3ccccc13)O2. The van der Waals surface area contributed by atoms with Gasteiger partial charge in [0, 0.05) is 18.1 Å². The number of ether oxygens (including phenoxy) is 8. The molecule has 0 fully saturated rings. The van der Waals surface area contributed by atoms with Crippen molar-refractivity contribution in [2.45, 2.75) is 25.0 Å². The minimum Gasteiger partial charge on any atom is -0.487 e. The van der Waals surface area contributed by atoms with Crippen molar-refractivity contribution < 1.29 is 42.7 Å². The average Bonchev–Trinajstić information content (AvgIpc) is 3.29. The molecule has 0 saturated heterocycles. The van der Waals surface area contributed by atoms with Crippen LogP contribution < -0.4 is 23.8 Å². The fourth-order valence-electron chi connectivity index (χ4n) is 6.66. The lowest BCUT2D eigenvalue weighted by molar-refractivity contribution is -0.00842. The third-order valence-corrected chi connectivity index (χ3v) is 9.37. The largest absolute Gasteiger partial charge is 0.487 e. The second-order valence-electron chi connectivity index (χ2n) is 12.7. The minimum absolute atomic E-state index is 0.242. The molecule has 4 aromatic carbocycles. The summed E-state index contributed by atoms with van der Waals surface area (Å²) in [6.07, 6.45) is 1.88. The van der Waals surface area contributed by atoms with Crippen molar-refractivity contribution in [3.05, 3.63) is 83.9 Å². The van der Waals surface area contributed by atoms with Crippen LogP contribution in [0.25, 0.3) is 10.8 Å². The van der Waals surface area contributed by atoms with Gasteiger partial charge in [-0.25, -0.2) is 4.79 Å². The molecule has 1 spiro atoms. The van der Waals surface area contributed by atoms with E-state index in [1.807, 2.05) is 55.7 Å². The highest BCUT2D eigenvalue weighted by Gasteiger charge is 2.59. The van der Waals surface area contributed by atoms with Gasteiger partial charge in [0.25, 0.3) is 0 Å². The van der Waals surface area contributed by atoms with Crippen molar-refractivity contribution >= 4 is 34.3 Å². The summed E-state index contributed by atoms with van der Waals surface area (Å²) in [6, 6.07) is 22.9. The van der Waals surface area contributed by atoms with Gasteiger partial charge >= 0.3 is 5.97 Å². The highest BCUT2D eigenvalue weighted by Crippen LogP contribution is 2.56. The molecule has 4 aromatic rings. The van der Waals surface area contributed by atoms with Crippen LogP contribution in [0.3, 0.4) is 0 Å². The number of likely N-dealkylation sites (N-methyl/N-ethyl adjacent to an activating group) is 1. The maximum Gasteiger partial charge on any atom is 0.343 e. The van der Waals surface area contributed by atoms with E-state index in [2.05, 4.69) is 30.9 Å². The number of esters is 1. The van der Waals surface area contributed by atoms with E-state index in [4.69, 9.17) is 42.9 Å². The van der Waals surface area contributed by atoms with Gasteiger partial charge in [-0.1, -0.05) is 42.5 Å². The average molecular weight is 683 g/mol. The van der Waals surface area contributed by atoms with Gasteiger partial charge in [-0.2, -0.15) is 0 Å². The molecule has 262 valence electrons. The van der Waals surface area contributed by atoms with Crippen molar-refractivity contribution in [1.82, 2.24) is 0 Å². The van der Waals surface area contributed by atoms with Crippen LogP contribution in [0.15, 0.2) is 77.8 Å². The predicted molar refractivity (Wildman–Crippen MR) is 189 cm³/mol. The third-order valence-electron chi connectivity index (χ3n) is 9.37. The third kappa shape index (κ3) is 6.49. The summed E-state index contributed by atoms with van der Waals surface area (Å²) >= 11 is 0. The topological polar surface area (TPSA) is 107 Å². The van der Waals surface area contributed by atoms with E-state index in [9.17, 15) is 4.79 Å². The van der Waals surface area contributed by atoms with Crippen LogP contribution in [0.1, 0.15) is 29.8 Å². The quantitative estimate of drug-likeness (QED) is 0.182. The second-order valence-corrected chi connectivity index (χ2v) is 12.7. The molecule has 11 nitrogen and oxygen atoms in total. The van der Waals surface area contributed by atoms with Gasteiger partial charge in [0.2, 0.25) is 5.72 Å². The number of aliphatic imine (C=N–C) groups is 1. The van der Waals surface area contributed by atoms with Gasteiger partial charge in [-0.05, 0) is 55.1 Å². The molecule has 0 saturated carbocycles. The van der Waals surface area contributed by atoms with Crippen LogP contribution in [0.4, 0.5) is 11.4 Å². The van der Waals surface area contributed by atoms with Crippen LogP contribution in [0, 0.1) is 0 Å². The number of benzene rings is 4. The number of para-hydroxylation sites is 1.